The number of carbonyl (C=O) groups is 1. The van der Waals surface area contributed by atoms with Crippen LogP contribution in [0.3, 0.4) is 0 Å². The summed E-state index contributed by atoms with van der Waals surface area (Å²) < 4.78 is 1.56. The number of hydrogen-bond acceptors (Lipinski definition) is 3. The minimum absolute atomic E-state index is 0.213. The van der Waals surface area contributed by atoms with Crippen molar-refractivity contribution < 1.29 is 4.79 Å². The first-order valence-electron chi connectivity index (χ1n) is 11.9. The average Bonchev–Trinajstić information content (AvgIpc) is 2.87. The Balaban J connectivity index is 1.89. The molecule has 4 rings (SSSR count). The first-order valence-corrected chi connectivity index (χ1v) is 13.0. The minimum atomic E-state index is -0.533. The van der Waals surface area contributed by atoms with Gasteiger partial charge in [0.15, 0.2) is 0 Å². The number of benzene rings is 3. The third kappa shape index (κ3) is 5.44. The largest absolute Gasteiger partial charge is 0.329 e. The van der Waals surface area contributed by atoms with Gasteiger partial charge in [-0.2, -0.15) is 0 Å². The van der Waals surface area contributed by atoms with Crippen LogP contribution in [0.5, 0.6) is 0 Å². The zero-order valence-corrected chi connectivity index (χ0v) is 22.3. The summed E-state index contributed by atoms with van der Waals surface area (Å²) in [5, 5.41) is 1.79. The first-order chi connectivity index (χ1) is 17.3. The number of hydrogen-bond donors (Lipinski definition) is 0. The summed E-state index contributed by atoms with van der Waals surface area (Å²) in [7, 11) is 0. The predicted octanol–water partition coefficient (Wildman–Crippen LogP) is 7.74. The lowest BCUT2D eigenvalue weighted by molar-refractivity contribution is 0.0677. The first kappa shape index (κ1) is 26.2. The topological polar surface area (TPSA) is 55.2 Å². The third-order valence-corrected chi connectivity index (χ3v) is 6.95. The summed E-state index contributed by atoms with van der Waals surface area (Å²) in [5.74, 6) is 0.210. The Kier molecular flexibility index (Phi) is 8.35. The zero-order valence-electron chi connectivity index (χ0n) is 20.0. The molecular weight excluding hydrogens is 517 g/mol. The smallest absolute Gasteiger partial charge is 0.266 e. The van der Waals surface area contributed by atoms with Crippen molar-refractivity contribution in [1.82, 2.24) is 14.5 Å². The highest BCUT2D eigenvalue weighted by Gasteiger charge is 2.28. The monoisotopic (exact) mass is 541 g/mol. The molecule has 0 bridgehead atoms. The van der Waals surface area contributed by atoms with Crippen molar-refractivity contribution in [3.63, 3.8) is 0 Å². The maximum atomic E-state index is 13.8. The van der Waals surface area contributed by atoms with Gasteiger partial charge in [0.1, 0.15) is 5.82 Å². The number of aromatic nitrogens is 2. The lowest BCUT2D eigenvalue weighted by atomic mass is 10.1. The van der Waals surface area contributed by atoms with E-state index in [1.165, 1.54) is 0 Å². The molecule has 0 saturated heterocycles. The van der Waals surface area contributed by atoms with Crippen molar-refractivity contribution in [2.75, 3.05) is 6.54 Å². The molecule has 3 aromatic carbocycles. The molecule has 4 aromatic rings. The molecule has 0 radical (unpaired) electrons. The van der Waals surface area contributed by atoms with Gasteiger partial charge in [-0.05, 0) is 67.9 Å². The van der Waals surface area contributed by atoms with E-state index >= 15 is 0 Å². The summed E-state index contributed by atoms with van der Waals surface area (Å²) in [5.41, 5.74) is 1.33. The highest BCUT2D eigenvalue weighted by molar-refractivity contribution is 6.36. The molecular formula is C28H26Cl3N3O2. The van der Waals surface area contributed by atoms with Gasteiger partial charge in [-0.3, -0.25) is 14.2 Å². The van der Waals surface area contributed by atoms with Crippen LogP contribution in [0.1, 0.15) is 55.3 Å². The summed E-state index contributed by atoms with van der Waals surface area (Å²) in [6, 6.07) is 18.5. The Morgan fingerprint density at radius 3 is 2.36 bits per heavy atom. The SMILES string of the molecule is CCCCCN(C(=O)c1ccc(Cl)cc1Cl)C(C)c1nc2ccccc2c(=O)n1-c1ccc(Cl)cc1. The molecule has 8 heteroatoms. The Hall–Kier alpha value is -2.86. The number of amides is 1. The molecule has 186 valence electrons. The highest BCUT2D eigenvalue weighted by Crippen LogP contribution is 2.28. The average molecular weight is 543 g/mol. The van der Waals surface area contributed by atoms with Crippen molar-refractivity contribution in [3.8, 4) is 5.69 Å². The van der Waals surface area contributed by atoms with Gasteiger partial charge in [0.25, 0.3) is 11.5 Å². The molecule has 1 atom stereocenters. The lowest BCUT2D eigenvalue weighted by Gasteiger charge is -2.31. The number of para-hydroxylation sites is 1. The fourth-order valence-corrected chi connectivity index (χ4v) is 4.85. The van der Waals surface area contributed by atoms with Crippen LogP contribution in [0.15, 0.2) is 71.5 Å². The maximum absolute atomic E-state index is 13.8. The van der Waals surface area contributed by atoms with Gasteiger partial charge in [-0.15, -0.1) is 0 Å². The van der Waals surface area contributed by atoms with Crippen LogP contribution in [0.2, 0.25) is 15.1 Å². The predicted molar refractivity (Wildman–Crippen MR) is 148 cm³/mol. The van der Waals surface area contributed by atoms with Gasteiger partial charge in [-0.1, -0.05) is 66.7 Å². The van der Waals surface area contributed by atoms with E-state index in [9.17, 15) is 9.59 Å². The molecule has 5 nitrogen and oxygen atoms in total. The van der Waals surface area contributed by atoms with Crippen LogP contribution in [0.4, 0.5) is 0 Å². The molecule has 0 fully saturated rings. The second kappa shape index (κ2) is 11.5. The summed E-state index contributed by atoms with van der Waals surface area (Å²) in [4.78, 5) is 34.1. The van der Waals surface area contributed by atoms with Crippen molar-refractivity contribution >= 4 is 51.6 Å². The molecule has 0 aliphatic carbocycles. The van der Waals surface area contributed by atoms with Crippen LogP contribution in [0.25, 0.3) is 16.6 Å². The number of rotatable bonds is 8. The quantitative estimate of drug-likeness (QED) is 0.214. The van der Waals surface area contributed by atoms with E-state index < -0.39 is 6.04 Å². The molecule has 36 heavy (non-hydrogen) atoms. The van der Waals surface area contributed by atoms with E-state index in [-0.39, 0.29) is 16.5 Å². The number of fused-ring (bicyclic) bond motifs is 1. The number of unbranched alkanes of at least 4 members (excludes halogenated alkanes) is 2. The molecule has 1 unspecified atom stereocenters. The van der Waals surface area contributed by atoms with Gasteiger partial charge in [0.2, 0.25) is 0 Å². The van der Waals surface area contributed by atoms with E-state index in [1.54, 1.807) is 64.1 Å². The van der Waals surface area contributed by atoms with Gasteiger partial charge < -0.3 is 4.90 Å². The van der Waals surface area contributed by atoms with Gasteiger partial charge in [-0.25, -0.2) is 4.98 Å². The van der Waals surface area contributed by atoms with Crippen molar-refractivity contribution in [1.29, 1.82) is 0 Å². The molecule has 1 aromatic heterocycles. The molecule has 1 heterocycles. The Morgan fingerprint density at radius 1 is 0.972 bits per heavy atom. The van der Waals surface area contributed by atoms with E-state index in [4.69, 9.17) is 39.8 Å². The molecule has 0 saturated carbocycles. The number of carbonyl (C=O) groups excluding carboxylic acids is 1. The summed E-state index contributed by atoms with van der Waals surface area (Å²) in [6.07, 6.45) is 2.76. The molecule has 0 aliphatic rings. The summed E-state index contributed by atoms with van der Waals surface area (Å²) in [6.45, 7) is 4.47. The molecule has 0 N–H and O–H groups in total. The van der Waals surface area contributed by atoms with Crippen molar-refractivity contribution in [3.05, 3.63) is 104 Å². The third-order valence-electron chi connectivity index (χ3n) is 6.15. The van der Waals surface area contributed by atoms with Crippen LogP contribution in [-0.2, 0) is 0 Å². The molecule has 0 spiro atoms. The van der Waals surface area contributed by atoms with E-state index in [1.807, 2.05) is 19.1 Å². The Morgan fingerprint density at radius 2 is 1.67 bits per heavy atom. The van der Waals surface area contributed by atoms with Gasteiger partial charge >= 0.3 is 0 Å². The van der Waals surface area contributed by atoms with Crippen LogP contribution < -0.4 is 5.56 Å². The van der Waals surface area contributed by atoms with Crippen LogP contribution in [0, 0.1) is 0 Å². The van der Waals surface area contributed by atoms with Crippen LogP contribution in [-0.4, -0.2) is 26.9 Å². The van der Waals surface area contributed by atoms with Crippen molar-refractivity contribution in [2.24, 2.45) is 0 Å². The standard InChI is InChI=1S/C28H26Cl3N3O2/c1-3-4-7-16-33(27(35)22-15-12-20(30)17-24(22)31)18(2)26-32-25-9-6-5-8-23(25)28(36)34(26)21-13-10-19(29)11-14-21/h5-6,8-15,17-18H,3-4,7,16H2,1-2H3. The number of nitrogens with zero attached hydrogens (tertiary/aromatic N) is 3. The second-order valence-corrected chi connectivity index (χ2v) is 9.89. The molecule has 1 amide bonds. The maximum Gasteiger partial charge on any atom is 0.266 e. The normalized spacial score (nSPS) is 12.0. The van der Waals surface area contributed by atoms with E-state index in [2.05, 4.69) is 6.92 Å². The van der Waals surface area contributed by atoms with Gasteiger partial charge in [0, 0.05) is 16.6 Å². The second-order valence-electron chi connectivity index (χ2n) is 8.61. The zero-order chi connectivity index (χ0) is 25.8. The van der Waals surface area contributed by atoms with Crippen LogP contribution >= 0.6 is 34.8 Å². The molecule has 0 aliphatic heterocycles. The minimum Gasteiger partial charge on any atom is -0.329 e. The number of halogens is 3. The fourth-order valence-electron chi connectivity index (χ4n) is 4.23. The van der Waals surface area contributed by atoms with E-state index in [0.717, 1.165) is 19.3 Å². The highest BCUT2D eigenvalue weighted by atomic mass is 35.5. The van der Waals surface area contributed by atoms with E-state index in [0.29, 0.717) is 44.6 Å². The van der Waals surface area contributed by atoms with Gasteiger partial charge in [0.05, 0.1) is 33.2 Å². The Labute approximate surface area is 225 Å². The van der Waals surface area contributed by atoms with Crippen molar-refractivity contribution in [2.45, 2.75) is 39.2 Å². The fraction of sp³-hybridized carbons (Fsp3) is 0.250. The lowest BCUT2D eigenvalue weighted by Crippen LogP contribution is -2.38. The Bertz CT molecular complexity index is 1450. The summed E-state index contributed by atoms with van der Waals surface area (Å²) >= 11 is 18.6.